The van der Waals surface area contributed by atoms with Crippen LogP contribution in [-0.4, -0.2) is 17.1 Å². The average Bonchev–Trinajstić information content (AvgIpc) is 2.95. The number of urea groups is 1. The van der Waals surface area contributed by atoms with Crippen molar-refractivity contribution in [3.63, 3.8) is 0 Å². The highest BCUT2D eigenvalue weighted by molar-refractivity contribution is 5.93. The van der Waals surface area contributed by atoms with Gasteiger partial charge in [-0.2, -0.15) is 0 Å². The lowest BCUT2D eigenvalue weighted by atomic mass is 10.2. The van der Waals surface area contributed by atoms with Crippen LogP contribution < -0.4 is 10.6 Å². The molecule has 0 bridgehead atoms. The van der Waals surface area contributed by atoms with Gasteiger partial charge < -0.3 is 20.2 Å². The van der Waals surface area contributed by atoms with Crippen molar-refractivity contribution in [2.75, 3.05) is 5.32 Å². The first-order valence-corrected chi connectivity index (χ1v) is 6.11. The van der Waals surface area contributed by atoms with Gasteiger partial charge >= 0.3 is 12.0 Å². The smallest absolute Gasteiger partial charge is 0.335 e. The molecule has 1 heterocycles. The van der Waals surface area contributed by atoms with Crippen molar-refractivity contribution in [3.05, 3.63) is 53.7 Å². The lowest BCUT2D eigenvalue weighted by molar-refractivity contribution is 0.0697. The van der Waals surface area contributed by atoms with Crippen molar-refractivity contribution < 1.29 is 23.5 Å². The number of carboxylic acids is 1. The normalized spacial score (nSPS) is 11.7. The maximum atomic E-state index is 13.6. The van der Waals surface area contributed by atoms with Crippen LogP contribution in [0.4, 0.5) is 14.9 Å². The van der Waals surface area contributed by atoms with Gasteiger partial charge in [-0.1, -0.05) is 0 Å². The second-order valence-corrected chi connectivity index (χ2v) is 4.34. The minimum Gasteiger partial charge on any atom is -0.478 e. The van der Waals surface area contributed by atoms with Crippen molar-refractivity contribution >= 4 is 17.7 Å². The number of rotatable bonds is 4. The van der Waals surface area contributed by atoms with Gasteiger partial charge in [-0.15, -0.1) is 0 Å². The van der Waals surface area contributed by atoms with Gasteiger partial charge in [-0.25, -0.2) is 14.0 Å². The summed E-state index contributed by atoms with van der Waals surface area (Å²) in [7, 11) is 0. The molecule has 1 unspecified atom stereocenters. The first kappa shape index (κ1) is 14.6. The molecule has 0 spiro atoms. The van der Waals surface area contributed by atoms with Crippen LogP contribution in [0.2, 0.25) is 0 Å². The molecule has 0 aliphatic carbocycles. The first-order chi connectivity index (χ1) is 9.97. The van der Waals surface area contributed by atoms with E-state index in [9.17, 15) is 14.0 Å². The van der Waals surface area contributed by atoms with Crippen molar-refractivity contribution in [2.45, 2.75) is 13.0 Å². The van der Waals surface area contributed by atoms with E-state index in [1.165, 1.54) is 6.26 Å². The second-order valence-electron chi connectivity index (χ2n) is 4.34. The lowest BCUT2D eigenvalue weighted by Gasteiger charge is -2.13. The number of amides is 2. The molecule has 0 saturated carbocycles. The number of aromatic carboxylic acids is 1. The van der Waals surface area contributed by atoms with Gasteiger partial charge in [0, 0.05) is 0 Å². The number of furan rings is 1. The van der Waals surface area contributed by atoms with Crippen LogP contribution in [0.15, 0.2) is 41.0 Å². The van der Waals surface area contributed by atoms with E-state index in [4.69, 9.17) is 9.52 Å². The van der Waals surface area contributed by atoms with Crippen LogP contribution >= 0.6 is 0 Å². The Labute approximate surface area is 119 Å². The zero-order chi connectivity index (χ0) is 15.4. The molecule has 2 amide bonds. The standard InChI is InChI=1S/C14H13FN2O4/c1-8(12-3-2-6-21-12)16-14(20)17-11-7-9(13(18)19)4-5-10(11)15/h2-8H,1H3,(H,18,19)(H2,16,17,20). The Morgan fingerprint density at radius 1 is 1.33 bits per heavy atom. The molecule has 2 rings (SSSR count). The zero-order valence-corrected chi connectivity index (χ0v) is 11.1. The lowest BCUT2D eigenvalue weighted by Crippen LogP contribution is -2.31. The number of hydrogen-bond acceptors (Lipinski definition) is 3. The Morgan fingerprint density at radius 2 is 2.10 bits per heavy atom. The minimum atomic E-state index is -1.21. The summed E-state index contributed by atoms with van der Waals surface area (Å²) in [5.41, 5.74) is -0.329. The number of carboxylic acid groups (broad SMARTS) is 1. The quantitative estimate of drug-likeness (QED) is 0.807. The monoisotopic (exact) mass is 292 g/mol. The minimum absolute atomic E-state index is 0.120. The molecular weight excluding hydrogens is 279 g/mol. The van der Waals surface area contributed by atoms with E-state index in [1.54, 1.807) is 19.1 Å². The summed E-state index contributed by atoms with van der Waals surface area (Å²) in [5.74, 6) is -1.38. The number of nitrogens with one attached hydrogen (secondary N) is 2. The summed E-state index contributed by atoms with van der Waals surface area (Å²) >= 11 is 0. The van der Waals surface area contributed by atoms with Gasteiger partial charge in [-0.05, 0) is 37.3 Å². The Hall–Kier alpha value is -2.83. The van der Waals surface area contributed by atoms with Crippen LogP contribution in [0, 0.1) is 5.82 Å². The molecule has 21 heavy (non-hydrogen) atoms. The molecule has 3 N–H and O–H groups in total. The predicted octanol–water partition coefficient (Wildman–Crippen LogP) is 3.00. The molecular formula is C14H13FN2O4. The molecule has 0 aliphatic heterocycles. The van der Waals surface area contributed by atoms with Crippen molar-refractivity contribution in [1.29, 1.82) is 0 Å². The van der Waals surface area contributed by atoms with Crippen LogP contribution in [0.25, 0.3) is 0 Å². The number of anilines is 1. The highest BCUT2D eigenvalue weighted by Gasteiger charge is 2.14. The summed E-state index contributed by atoms with van der Waals surface area (Å²) in [4.78, 5) is 22.6. The largest absolute Gasteiger partial charge is 0.478 e. The topological polar surface area (TPSA) is 91.6 Å². The number of benzene rings is 1. The van der Waals surface area contributed by atoms with E-state index in [0.717, 1.165) is 18.2 Å². The van der Waals surface area contributed by atoms with Gasteiger partial charge in [0.1, 0.15) is 11.6 Å². The third kappa shape index (κ3) is 3.59. The van der Waals surface area contributed by atoms with Gasteiger partial charge in [-0.3, -0.25) is 0 Å². The van der Waals surface area contributed by atoms with Crippen LogP contribution in [0.3, 0.4) is 0 Å². The zero-order valence-electron chi connectivity index (χ0n) is 11.1. The van der Waals surface area contributed by atoms with Gasteiger partial charge in [0.15, 0.2) is 0 Å². The SMILES string of the molecule is CC(NC(=O)Nc1cc(C(=O)O)ccc1F)c1ccco1. The molecule has 6 nitrogen and oxygen atoms in total. The van der Waals surface area contributed by atoms with Crippen LogP contribution in [0.1, 0.15) is 29.1 Å². The maximum absolute atomic E-state index is 13.6. The molecule has 1 aromatic heterocycles. The summed E-state index contributed by atoms with van der Waals surface area (Å²) < 4.78 is 18.7. The molecule has 0 saturated heterocycles. The number of carbonyl (C=O) groups is 2. The molecule has 1 atom stereocenters. The third-order valence-corrected chi connectivity index (χ3v) is 2.78. The molecule has 1 aromatic carbocycles. The number of carbonyl (C=O) groups excluding carboxylic acids is 1. The molecule has 0 fully saturated rings. The summed E-state index contributed by atoms with van der Waals surface area (Å²) in [6.45, 7) is 1.70. The molecule has 7 heteroatoms. The maximum Gasteiger partial charge on any atom is 0.335 e. The summed E-state index contributed by atoms with van der Waals surface area (Å²) in [6.07, 6.45) is 1.47. The fraction of sp³-hybridized carbons (Fsp3) is 0.143. The van der Waals surface area contributed by atoms with Gasteiger partial charge in [0.2, 0.25) is 0 Å². The van der Waals surface area contributed by atoms with Crippen LogP contribution in [0.5, 0.6) is 0 Å². The van der Waals surface area contributed by atoms with Crippen molar-refractivity contribution in [1.82, 2.24) is 5.32 Å². The Bertz CT molecular complexity index is 655. The van der Waals surface area contributed by atoms with Crippen molar-refractivity contribution in [3.8, 4) is 0 Å². The summed E-state index contributed by atoms with van der Waals surface area (Å²) in [6, 6.07) is 5.44. The summed E-state index contributed by atoms with van der Waals surface area (Å²) in [5, 5.41) is 13.7. The van der Waals surface area contributed by atoms with Gasteiger partial charge in [0.25, 0.3) is 0 Å². The van der Waals surface area contributed by atoms with E-state index >= 15 is 0 Å². The van der Waals surface area contributed by atoms with E-state index < -0.39 is 23.9 Å². The fourth-order valence-corrected chi connectivity index (χ4v) is 1.72. The van der Waals surface area contributed by atoms with E-state index in [2.05, 4.69) is 10.6 Å². The number of halogens is 1. The van der Waals surface area contributed by atoms with E-state index in [1.807, 2.05) is 0 Å². The highest BCUT2D eigenvalue weighted by atomic mass is 19.1. The average molecular weight is 292 g/mol. The third-order valence-electron chi connectivity index (χ3n) is 2.78. The molecule has 110 valence electrons. The molecule has 0 aliphatic rings. The van der Waals surface area contributed by atoms with Gasteiger partial charge in [0.05, 0.1) is 23.6 Å². The highest BCUT2D eigenvalue weighted by Crippen LogP contribution is 2.17. The Kier molecular flexibility index (Phi) is 4.22. The Morgan fingerprint density at radius 3 is 2.71 bits per heavy atom. The van der Waals surface area contributed by atoms with Crippen LogP contribution in [-0.2, 0) is 0 Å². The molecule has 2 aromatic rings. The second kappa shape index (κ2) is 6.08. The molecule has 0 radical (unpaired) electrons. The number of hydrogen-bond donors (Lipinski definition) is 3. The predicted molar refractivity (Wildman–Crippen MR) is 72.6 cm³/mol. The first-order valence-electron chi connectivity index (χ1n) is 6.11. The fourth-order valence-electron chi connectivity index (χ4n) is 1.72. The van der Waals surface area contributed by atoms with E-state index in [0.29, 0.717) is 5.76 Å². The Balaban J connectivity index is 2.05. The van der Waals surface area contributed by atoms with Crippen molar-refractivity contribution in [2.24, 2.45) is 0 Å². The van der Waals surface area contributed by atoms with E-state index in [-0.39, 0.29) is 11.3 Å².